The molecule has 2 aromatic heterocycles. The van der Waals surface area contributed by atoms with Gasteiger partial charge in [0.05, 0.1) is 30.7 Å². The number of anilines is 1. The van der Waals surface area contributed by atoms with E-state index in [0.29, 0.717) is 46.2 Å². The van der Waals surface area contributed by atoms with Crippen molar-refractivity contribution in [3.8, 4) is 11.5 Å². The summed E-state index contributed by atoms with van der Waals surface area (Å²) in [5, 5.41) is 10.1. The van der Waals surface area contributed by atoms with Crippen molar-refractivity contribution < 1.29 is 18.7 Å². The molecule has 0 bridgehead atoms. The highest BCUT2D eigenvalue weighted by molar-refractivity contribution is 7.15. The molecule has 0 unspecified atom stereocenters. The number of hydrogen-bond donors (Lipinski definition) is 0. The van der Waals surface area contributed by atoms with Gasteiger partial charge in [-0.1, -0.05) is 36.0 Å². The Kier molecular flexibility index (Phi) is 5.57. The summed E-state index contributed by atoms with van der Waals surface area (Å²) in [6.45, 7) is 6.25. The van der Waals surface area contributed by atoms with Gasteiger partial charge in [-0.3, -0.25) is 14.5 Å². The van der Waals surface area contributed by atoms with E-state index in [0.717, 1.165) is 10.6 Å². The number of hydrogen-bond acceptors (Lipinski definition) is 8. The van der Waals surface area contributed by atoms with Gasteiger partial charge in [-0.05, 0) is 50.1 Å². The summed E-state index contributed by atoms with van der Waals surface area (Å²) in [7, 11) is 1.55. The van der Waals surface area contributed by atoms with Crippen LogP contribution >= 0.6 is 11.3 Å². The Balaban J connectivity index is 1.77. The first-order chi connectivity index (χ1) is 16.5. The Bertz CT molecular complexity index is 1480. The number of fused-ring (bicyclic) bond motifs is 2. The highest BCUT2D eigenvalue weighted by Crippen LogP contribution is 2.44. The predicted molar refractivity (Wildman–Crippen MR) is 129 cm³/mol. The summed E-state index contributed by atoms with van der Waals surface area (Å²) in [6.07, 6.45) is 0.689. The molecule has 9 heteroatoms. The minimum Gasteiger partial charge on any atom is -0.493 e. The van der Waals surface area contributed by atoms with Crippen molar-refractivity contribution in [3.63, 3.8) is 0 Å². The molecule has 0 saturated heterocycles. The third-order valence-electron chi connectivity index (χ3n) is 5.79. The van der Waals surface area contributed by atoms with E-state index in [-0.39, 0.29) is 16.8 Å². The fourth-order valence-electron chi connectivity index (χ4n) is 4.21. The Labute approximate surface area is 199 Å². The van der Waals surface area contributed by atoms with Crippen LogP contribution in [0.5, 0.6) is 11.5 Å². The summed E-state index contributed by atoms with van der Waals surface area (Å²) in [6, 6.07) is 10.00. The van der Waals surface area contributed by atoms with Gasteiger partial charge in [0.15, 0.2) is 16.9 Å². The van der Waals surface area contributed by atoms with Crippen LogP contribution in [0.4, 0.5) is 5.13 Å². The van der Waals surface area contributed by atoms with Gasteiger partial charge < -0.3 is 13.9 Å². The van der Waals surface area contributed by atoms with Crippen molar-refractivity contribution in [3.05, 3.63) is 74.1 Å². The Morgan fingerprint density at radius 3 is 2.62 bits per heavy atom. The van der Waals surface area contributed by atoms with Crippen LogP contribution in [0.15, 0.2) is 45.6 Å². The highest BCUT2D eigenvalue weighted by Gasteiger charge is 2.45. The van der Waals surface area contributed by atoms with E-state index in [1.807, 2.05) is 32.9 Å². The van der Waals surface area contributed by atoms with Crippen molar-refractivity contribution in [1.29, 1.82) is 0 Å². The molecule has 34 heavy (non-hydrogen) atoms. The third-order valence-corrected chi connectivity index (χ3v) is 6.86. The number of nitrogens with zero attached hydrogens (tertiary/aromatic N) is 3. The van der Waals surface area contributed by atoms with Crippen LogP contribution in [0.25, 0.3) is 11.0 Å². The maximum absolute atomic E-state index is 13.7. The second kappa shape index (κ2) is 8.57. The molecular formula is C25H23N3O5S. The number of benzene rings is 2. The van der Waals surface area contributed by atoms with Gasteiger partial charge in [0, 0.05) is 0 Å². The fraction of sp³-hybridized carbons (Fsp3) is 0.280. The molecule has 2 aromatic carbocycles. The topological polar surface area (TPSA) is 94.8 Å². The lowest BCUT2D eigenvalue weighted by molar-refractivity contribution is 0.0970. The van der Waals surface area contributed by atoms with E-state index in [1.54, 1.807) is 31.4 Å². The molecule has 1 aliphatic heterocycles. The maximum atomic E-state index is 13.7. The molecule has 0 aliphatic carbocycles. The molecule has 8 nitrogen and oxygen atoms in total. The minimum atomic E-state index is -0.745. The summed E-state index contributed by atoms with van der Waals surface area (Å²) >= 11 is 1.32. The zero-order valence-electron chi connectivity index (χ0n) is 19.2. The lowest BCUT2D eigenvalue weighted by Gasteiger charge is -2.23. The third kappa shape index (κ3) is 3.43. The van der Waals surface area contributed by atoms with Crippen molar-refractivity contribution in [2.24, 2.45) is 0 Å². The first-order valence-electron chi connectivity index (χ1n) is 11.0. The molecule has 0 fully saturated rings. The molecule has 0 spiro atoms. The van der Waals surface area contributed by atoms with E-state index >= 15 is 0 Å². The monoisotopic (exact) mass is 477 g/mol. The lowest BCUT2D eigenvalue weighted by atomic mass is 9.98. The van der Waals surface area contributed by atoms with Crippen LogP contribution in [-0.2, 0) is 6.42 Å². The molecule has 0 N–H and O–H groups in total. The summed E-state index contributed by atoms with van der Waals surface area (Å²) in [5.74, 6) is 0.682. The number of methoxy groups -OCH3 is 1. The fourth-order valence-corrected chi connectivity index (χ4v) is 5.02. The molecule has 3 heterocycles. The number of carbonyl (C=O) groups excluding carboxylic acids is 1. The summed E-state index contributed by atoms with van der Waals surface area (Å²) in [4.78, 5) is 28.9. The van der Waals surface area contributed by atoms with Gasteiger partial charge in [0.2, 0.25) is 10.9 Å². The molecular weight excluding hydrogens is 454 g/mol. The molecule has 4 aromatic rings. The highest BCUT2D eigenvalue weighted by atomic mass is 32.1. The quantitative estimate of drug-likeness (QED) is 0.398. The number of aromatic nitrogens is 2. The second-order valence-corrected chi connectivity index (χ2v) is 8.97. The van der Waals surface area contributed by atoms with E-state index in [1.165, 1.54) is 16.2 Å². The van der Waals surface area contributed by atoms with E-state index in [9.17, 15) is 9.59 Å². The van der Waals surface area contributed by atoms with E-state index in [4.69, 9.17) is 13.9 Å². The van der Waals surface area contributed by atoms with Crippen LogP contribution in [0.2, 0.25) is 0 Å². The number of aryl methyl sites for hydroxylation is 2. The molecule has 1 atom stereocenters. The first-order valence-corrected chi connectivity index (χ1v) is 11.8. The van der Waals surface area contributed by atoms with Gasteiger partial charge in [0.25, 0.3) is 5.91 Å². The van der Waals surface area contributed by atoms with Crippen molar-refractivity contribution >= 4 is 33.3 Å². The van der Waals surface area contributed by atoms with Gasteiger partial charge in [-0.2, -0.15) is 0 Å². The normalized spacial score (nSPS) is 15.1. The summed E-state index contributed by atoms with van der Waals surface area (Å²) < 4.78 is 17.2. The lowest BCUT2D eigenvalue weighted by Crippen LogP contribution is -2.29. The zero-order valence-corrected chi connectivity index (χ0v) is 20.1. The van der Waals surface area contributed by atoms with Crippen LogP contribution in [0.1, 0.15) is 52.1 Å². The smallest absolute Gasteiger partial charge is 0.297 e. The Hall–Kier alpha value is -3.72. The molecule has 174 valence electrons. The first kappa shape index (κ1) is 22.1. The van der Waals surface area contributed by atoms with Crippen molar-refractivity contribution in [2.45, 2.75) is 33.2 Å². The number of rotatable bonds is 6. The average molecular weight is 478 g/mol. The van der Waals surface area contributed by atoms with Crippen LogP contribution in [0, 0.1) is 6.92 Å². The Morgan fingerprint density at radius 1 is 1.09 bits per heavy atom. The average Bonchev–Trinajstić information content (AvgIpc) is 3.43. The Morgan fingerprint density at radius 2 is 1.91 bits per heavy atom. The maximum Gasteiger partial charge on any atom is 0.297 e. The minimum absolute atomic E-state index is 0.0208. The van der Waals surface area contributed by atoms with Crippen molar-refractivity contribution in [1.82, 2.24) is 10.2 Å². The number of carbonyl (C=O) groups is 1. The SMILES string of the molecule is CCOc1ccc([C@H]2c3c(oc4ccc(C)cc4c3=O)C(=O)N2c2nnc(CC)s2)cc1OC. The van der Waals surface area contributed by atoms with Crippen LogP contribution in [0.3, 0.4) is 0 Å². The summed E-state index contributed by atoms with van der Waals surface area (Å²) in [5.41, 5.74) is 2.02. The second-order valence-electron chi connectivity index (χ2n) is 7.93. The van der Waals surface area contributed by atoms with E-state index in [2.05, 4.69) is 10.2 Å². The molecule has 0 radical (unpaired) electrons. The zero-order chi connectivity index (χ0) is 24.0. The van der Waals surface area contributed by atoms with E-state index < -0.39 is 11.9 Å². The van der Waals surface area contributed by atoms with Crippen molar-refractivity contribution in [2.75, 3.05) is 18.6 Å². The van der Waals surface area contributed by atoms with Gasteiger partial charge in [0.1, 0.15) is 10.6 Å². The van der Waals surface area contributed by atoms with Gasteiger partial charge in [-0.25, -0.2) is 0 Å². The molecule has 1 aliphatic rings. The van der Waals surface area contributed by atoms with Crippen LogP contribution in [-0.4, -0.2) is 29.8 Å². The largest absolute Gasteiger partial charge is 0.493 e. The molecule has 0 saturated carbocycles. The van der Waals surface area contributed by atoms with Gasteiger partial charge >= 0.3 is 0 Å². The van der Waals surface area contributed by atoms with Gasteiger partial charge in [-0.15, -0.1) is 10.2 Å². The standard InChI is InChI=1S/C25H23N3O5S/c1-5-19-26-27-25(34-19)28-21(14-8-10-17(32-6-2)18(12-14)31-4)20-22(29)15-11-13(3)7-9-16(15)33-23(20)24(28)30/h7-12,21H,5-6H2,1-4H3/t21-/m0/s1. The number of amides is 1. The number of ether oxygens (including phenoxy) is 2. The predicted octanol–water partition coefficient (Wildman–Crippen LogP) is 4.67. The molecule has 5 rings (SSSR count). The van der Waals surface area contributed by atoms with Crippen LogP contribution < -0.4 is 19.8 Å². The molecule has 1 amide bonds.